The second kappa shape index (κ2) is 7.71. The Balaban J connectivity index is 2.18. The van der Waals surface area contributed by atoms with Gasteiger partial charge in [-0.05, 0) is 32.4 Å². The van der Waals surface area contributed by atoms with E-state index in [-0.39, 0.29) is 13.0 Å². The Morgan fingerprint density at radius 2 is 2.04 bits per heavy atom. The number of amides is 2. The van der Waals surface area contributed by atoms with E-state index in [2.05, 4.69) is 15.6 Å². The smallest absolute Gasteiger partial charge is 0.408 e. The molecule has 0 saturated carbocycles. The Morgan fingerprint density at radius 1 is 1.32 bits per heavy atom. The van der Waals surface area contributed by atoms with E-state index in [0.717, 1.165) is 16.5 Å². The zero-order chi connectivity index (χ0) is 18.4. The monoisotopic (exact) mass is 342 g/mol. The van der Waals surface area contributed by atoms with Crippen LogP contribution in [0.5, 0.6) is 0 Å². The van der Waals surface area contributed by atoms with Crippen molar-refractivity contribution in [2.45, 2.75) is 38.8 Å². The number of benzene rings is 1. The van der Waals surface area contributed by atoms with Crippen LogP contribution < -0.4 is 10.6 Å². The third kappa shape index (κ3) is 5.24. The Labute approximate surface area is 146 Å². The first-order valence-corrected chi connectivity index (χ1v) is 7.99. The van der Waals surface area contributed by atoms with Gasteiger partial charge < -0.3 is 20.4 Å². The minimum absolute atomic E-state index is 0.126. The summed E-state index contributed by atoms with van der Waals surface area (Å²) in [6, 6.07) is 8.71. The topological polar surface area (TPSA) is 107 Å². The van der Waals surface area contributed by atoms with Crippen molar-refractivity contribution in [1.82, 2.24) is 15.6 Å². The van der Waals surface area contributed by atoms with Crippen LogP contribution in [0.2, 0.25) is 0 Å². The van der Waals surface area contributed by atoms with E-state index in [9.17, 15) is 9.59 Å². The Hall–Kier alpha value is -3.01. The Morgan fingerprint density at radius 3 is 2.72 bits per heavy atom. The van der Waals surface area contributed by atoms with Gasteiger partial charge in [0.1, 0.15) is 18.2 Å². The third-order valence-corrected chi connectivity index (χ3v) is 3.45. The highest BCUT2D eigenvalue weighted by Gasteiger charge is 2.25. The molecule has 0 fully saturated rings. The summed E-state index contributed by atoms with van der Waals surface area (Å²) in [6.07, 6.45) is 1.41. The number of aromatic nitrogens is 1. The largest absolute Gasteiger partial charge is 0.444 e. The van der Waals surface area contributed by atoms with E-state index >= 15 is 0 Å². The van der Waals surface area contributed by atoms with Crippen LogP contribution in [0.3, 0.4) is 0 Å². The van der Waals surface area contributed by atoms with E-state index in [4.69, 9.17) is 10.00 Å². The molecule has 7 heteroatoms. The molecule has 132 valence electrons. The average Bonchev–Trinajstić information content (AvgIpc) is 2.93. The van der Waals surface area contributed by atoms with Crippen molar-refractivity contribution in [3.63, 3.8) is 0 Å². The summed E-state index contributed by atoms with van der Waals surface area (Å²) in [4.78, 5) is 27.5. The van der Waals surface area contributed by atoms with E-state index in [1.54, 1.807) is 20.8 Å². The van der Waals surface area contributed by atoms with Gasteiger partial charge in [-0.2, -0.15) is 5.26 Å². The number of nitrogens with zero attached hydrogens (tertiary/aromatic N) is 1. The molecule has 1 aromatic heterocycles. The number of rotatable bonds is 5. The molecule has 0 spiro atoms. The lowest BCUT2D eigenvalue weighted by atomic mass is 10.0. The van der Waals surface area contributed by atoms with Gasteiger partial charge in [0, 0.05) is 23.5 Å². The zero-order valence-electron chi connectivity index (χ0n) is 14.6. The summed E-state index contributed by atoms with van der Waals surface area (Å²) in [7, 11) is 0. The van der Waals surface area contributed by atoms with Gasteiger partial charge in [-0.25, -0.2) is 4.79 Å². The van der Waals surface area contributed by atoms with Crippen LogP contribution in [0.4, 0.5) is 4.79 Å². The Kier molecular flexibility index (Phi) is 5.65. The number of alkyl carbamates (subject to hydrolysis) is 1. The Bertz CT molecular complexity index is 798. The fraction of sp³-hybridized carbons (Fsp3) is 0.389. The zero-order valence-corrected chi connectivity index (χ0v) is 14.6. The van der Waals surface area contributed by atoms with Gasteiger partial charge in [0.2, 0.25) is 5.91 Å². The number of ether oxygens (including phenoxy) is 1. The van der Waals surface area contributed by atoms with Gasteiger partial charge in [0.15, 0.2) is 0 Å². The third-order valence-electron chi connectivity index (χ3n) is 3.45. The predicted molar refractivity (Wildman–Crippen MR) is 93.8 cm³/mol. The first-order chi connectivity index (χ1) is 11.8. The molecule has 0 aliphatic heterocycles. The molecule has 2 aromatic rings. The number of fused-ring (bicyclic) bond motifs is 1. The first kappa shape index (κ1) is 18.3. The number of nitrogens with one attached hydrogen (secondary N) is 3. The summed E-state index contributed by atoms with van der Waals surface area (Å²) in [5.41, 5.74) is 1.17. The SMILES string of the molecule is CC(C)(C)OC(=O)N[C@@H](Cc1c[nH]c2ccccc12)C(=O)NCC#N. The second-order valence-electron chi connectivity index (χ2n) is 6.64. The van der Waals surface area contributed by atoms with Crippen LogP contribution in [-0.4, -0.2) is 35.2 Å². The van der Waals surface area contributed by atoms with Gasteiger partial charge in [-0.15, -0.1) is 0 Å². The second-order valence-corrected chi connectivity index (χ2v) is 6.64. The molecule has 1 heterocycles. The lowest BCUT2D eigenvalue weighted by Gasteiger charge is -2.23. The van der Waals surface area contributed by atoms with Crippen molar-refractivity contribution in [1.29, 1.82) is 5.26 Å². The minimum atomic E-state index is -0.845. The predicted octanol–water partition coefficient (Wildman–Crippen LogP) is 2.24. The molecule has 1 atom stereocenters. The standard InChI is InChI=1S/C18H22N4O3/c1-18(2,3)25-17(24)22-15(16(23)20-9-8-19)10-12-11-21-14-7-5-4-6-13(12)14/h4-7,11,15,21H,9-10H2,1-3H3,(H,20,23)(H,22,24)/t15-/m0/s1. The molecule has 0 aliphatic carbocycles. The maximum atomic E-state index is 12.3. The molecule has 2 rings (SSSR count). The number of nitriles is 1. The molecule has 0 radical (unpaired) electrons. The number of hydrogen-bond acceptors (Lipinski definition) is 4. The number of para-hydroxylation sites is 1. The van der Waals surface area contributed by atoms with Crippen molar-refractivity contribution in [3.05, 3.63) is 36.0 Å². The molecule has 25 heavy (non-hydrogen) atoms. The van der Waals surface area contributed by atoms with Crippen LogP contribution in [0.25, 0.3) is 10.9 Å². The number of H-pyrrole nitrogens is 1. The van der Waals surface area contributed by atoms with Gasteiger partial charge in [-0.3, -0.25) is 4.79 Å². The molecule has 0 aliphatic rings. The average molecular weight is 342 g/mol. The van der Waals surface area contributed by atoms with Crippen LogP contribution >= 0.6 is 0 Å². The van der Waals surface area contributed by atoms with Crippen LogP contribution in [-0.2, 0) is 16.0 Å². The molecular weight excluding hydrogens is 320 g/mol. The highest BCUT2D eigenvalue weighted by atomic mass is 16.6. The van der Waals surface area contributed by atoms with Crippen molar-refractivity contribution < 1.29 is 14.3 Å². The molecule has 1 aromatic carbocycles. The fourth-order valence-electron chi connectivity index (χ4n) is 2.43. The van der Waals surface area contributed by atoms with Crippen molar-refractivity contribution in [2.24, 2.45) is 0 Å². The van der Waals surface area contributed by atoms with Gasteiger partial charge in [0.25, 0.3) is 0 Å². The number of carbonyl (C=O) groups is 2. The van der Waals surface area contributed by atoms with Gasteiger partial charge >= 0.3 is 6.09 Å². The number of carbonyl (C=O) groups excluding carboxylic acids is 2. The first-order valence-electron chi connectivity index (χ1n) is 7.99. The lowest BCUT2D eigenvalue weighted by molar-refractivity contribution is -0.122. The molecule has 2 amide bonds. The molecule has 7 nitrogen and oxygen atoms in total. The molecule has 0 saturated heterocycles. The molecule has 0 unspecified atom stereocenters. The quantitative estimate of drug-likeness (QED) is 0.724. The van der Waals surface area contributed by atoms with E-state index in [0.29, 0.717) is 0 Å². The van der Waals surface area contributed by atoms with Crippen molar-refractivity contribution in [3.8, 4) is 6.07 Å². The molecule has 3 N–H and O–H groups in total. The van der Waals surface area contributed by atoms with Crippen LogP contribution in [0.1, 0.15) is 26.3 Å². The fourth-order valence-corrected chi connectivity index (χ4v) is 2.43. The van der Waals surface area contributed by atoms with E-state index in [1.165, 1.54) is 0 Å². The van der Waals surface area contributed by atoms with E-state index in [1.807, 2.05) is 36.5 Å². The number of aromatic amines is 1. The van der Waals surface area contributed by atoms with E-state index < -0.39 is 23.6 Å². The maximum absolute atomic E-state index is 12.3. The molecule has 0 bridgehead atoms. The lowest BCUT2D eigenvalue weighted by Crippen LogP contribution is -2.49. The summed E-state index contributed by atoms with van der Waals surface area (Å²) in [5, 5.41) is 14.7. The maximum Gasteiger partial charge on any atom is 0.408 e. The highest BCUT2D eigenvalue weighted by Crippen LogP contribution is 2.19. The van der Waals surface area contributed by atoms with Gasteiger partial charge in [0.05, 0.1) is 6.07 Å². The summed E-state index contributed by atoms with van der Waals surface area (Å²) in [5.74, 6) is -0.433. The van der Waals surface area contributed by atoms with Crippen LogP contribution in [0, 0.1) is 11.3 Å². The normalized spacial score (nSPS) is 12.2. The number of hydrogen-bond donors (Lipinski definition) is 3. The highest BCUT2D eigenvalue weighted by molar-refractivity contribution is 5.88. The van der Waals surface area contributed by atoms with Crippen molar-refractivity contribution >= 4 is 22.9 Å². The summed E-state index contributed by atoms with van der Waals surface area (Å²) < 4.78 is 5.23. The molecular formula is C18H22N4O3. The van der Waals surface area contributed by atoms with Crippen molar-refractivity contribution in [2.75, 3.05) is 6.54 Å². The van der Waals surface area contributed by atoms with Crippen LogP contribution in [0.15, 0.2) is 30.5 Å². The minimum Gasteiger partial charge on any atom is -0.444 e. The van der Waals surface area contributed by atoms with Gasteiger partial charge in [-0.1, -0.05) is 18.2 Å². The summed E-state index contributed by atoms with van der Waals surface area (Å²) >= 11 is 0. The summed E-state index contributed by atoms with van der Waals surface area (Å²) in [6.45, 7) is 5.12.